The van der Waals surface area contributed by atoms with E-state index in [1.165, 1.54) is 6.92 Å². The van der Waals surface area contributed by atoms with Gasteiger partial charge in [0, 0.05) is 6.54 Å². The first-order valence-electron chi connectivity index (χ1n) is 6.50. The number of carboxylic acids is 2. The molecular formula is C13H23NO6. The molecule has 20 heavy (non-hydrogen) atoms. The number of rotatable bonds is 6. The van der Waals surface area contributed by atoms with Crippen molar-refractivity contribution in [1.82, 2.24) is 4.90 Å². The van der Waals surface area contributed by atoms with Crippen LogP contribution in [-0.2, 0) is 14.3 Å². The molecular weight excluding hydrogens is 266 g/mol. The van der Waals surface area contributed by atoms with Gasteiger partial charge in [0.15, 0.2) is 0 Å². The van der Waals surface area contributed by atoms with Crippen LogP contribution < -0.4 is 0 Å². The Hall–Kier alpha value is -1.79. The van der Waals surface area contributed by atoms with Gasteiger partial charge >= 0.3 is 18.0 Å². The lowest BCUT2D eigenvalue weighted by atomic mass is 9.94. The van der Waals surface area contributed by atoms with Crippen LogP contribution in [-0.4, -0.2) is 50.8 Å². The number of hydrogen-bond donors (Lipinski definition) is 2. The summed E-state index contributed by atoms with van der Waals surface area (Å²) in [5.41, 5.74) is -3.14. The lowest BCUT2D eigenvalue weighted by Crippen LogP contribution is -2.62. The second-order valence-corrected chi connectivity index (χ2v) is 5.46. The quantitative estimate of drug-likeness (QED) is 0.724. The molecule has 0 radical (unpaired) electrons. The third-order valence-corrected chi connectivity index (χ3v) is 2.74. The number of carbonyl (C=O) groups is 3. The van der Waals surface area contributed by atoms with E-state index in [0.717, 1.165) is 4.90 Å². The highest BCUT2D eigenvalue weighted by Gasteiger charge is 2.53. The molecule has 0 fully saturated rings. The summed E-state index contributed by atoms with van der Waals surface area (Å²) in [6.07, 6.45) is -0.774. The largest absolute Gasteiger partial charge is 0.479 e. The molecule has 116 valence electrons. The van der Waals surface area contributed by atoms with Crippen molar-refractivity contribution in [2.45, 2.75) is 58.6 Å². The molecule has 1 amide bonds. The van der Waals surface area contributed by atoms with Gasteiger partial charge in [-0.05, 0) is 33.6 Å². The lowest BCUT2D eigenvalue weighted by molar-refractivity contribution is -0.167. The van der Waals surface area contributed by atoms with E-state index in [9.17, 15) is 24.6 Å². The van der Waals surface area contributed by atoms with Crippen LogP contribution in [0.4, 0.5) is 4.79 Å². The van der Waals surface area contributed by atoms with E-state index in [4.69, 9.17) is 4.74 Å². The van der Waals surface area contributed by atoms with E-state index in [1.807, 2.05) is 0 Å². The molecule has 0 rings (SSSR count). The van der Waals surface area contributed by atoms with Crippen LogP contribution in [0.2, 0.25) is 0 Å². The van der Waals surface area contributed by atoms with Gasteiger partial charge in [-0.2, -0.15) is 0 Å². The van der Waals surface area contributed by atoms with Crippen LogP contribution in [0.15, 0.2) is 0 Å². The molecule has 7 heteroatoms. The zero-order chi connectivity index (χ0) is 16.1. The highest BCUT2D eigenvalue weighted by molar-refractivity contribution is 6.05. The molecule has 0 saturated heterocycles. The number of nitrogens with zero attached hydrogens (tertiary/aromatic N) is 1. The fourth-order valence-corrected chi connectivity index (χ4v) is 1.79. The smallest absolute Gasteiger partial charge is 0.411 e. The predicted octanol–water partition coefficient (Wildman–Crippen LogP) is 1.95. The Morgan fingerprint density at radius 3 is 1.75 bits per heavy atom. The maximum Gasteiger partial charge on any atom is 0.411 e. The van der Waals surface area contributed by atoms with E-state index >= 15 is 0 Å². The molecule has 7 nitrogen and oxygen atoms in total. The molecule has 0 aliphatic heterocycles. The first-order valence-corrected chi connectivity index (χ1v) is 6.50. The monoisotopic (exact) mass is 289 g/mol. The van der Waals surface area contributed by atoms with E-state index < -0.39 is 29.2 Å². The van der Waals surface area contributed by atoms with Gasteiger partial charge in [-0.3, -0.25) is 4.90 Å². The Bertz CT molecular complexity index is 371. The second-order valence-electron chi connectivity index (χ2n) is 5.46. The van der Waals surface area contributed by atoms with Gasteiger partial charge in [0.25, 0.3) is 0 Å². The average Bonchev–Trinajstić information content (AvgIpc) is 2.25. The summed E-state index contributed by atoms with van der Waals surface area (Å²) in [6, 6.07) is 0. The van der Waals surface area contributed by atoms with Gasteiger partial charge in [0.05, 0.1) is 0 Å². The molecule has 0 aliphatic carbocycles. The molecule has 0 atom stereocenters. The average molecular weight is 289 g/mol. The third-order valence-electron chi connectivity index (χ3n) is 2.74. The predicted molar refractivity (Wildman–Crippen MR) is 71.5 cm³/mol. The van der Waals surface area contributed by atoms with Gasteiger partial charge in [0.2, 0.25) is 5.54 Å². The molecule has 0 saturated carbocycles. The first-order chi connectivity index (χ1) is 9.02. The van der Waals surface area contributed by atoms with E-state index in [0.29, 0.717) is 6.42 Å². The Labute approximate surface area is 118 Å². The second kappa shape index (κ2) is 6.58. The highest BCUT2D eigenvalue weighted by atomic mass is 16.6. The molecule has 0 spiro atoms. The third kappa shape index (κ3) is 3.85. The molecule has 0 bridgehead atoms. The van der Waals surface area contributed by atoms with Gasteiger partial charge in [-0.1, -0.05) is 13.8 Å². The number of carbonyl (C=O) groups excluding carboxylic acids is 1. The zero-order valence-corrected chi connectivity index (χ0v) is 12.6. The van der Waals surface area contributed by atoms with Crippen molar-refractivity contribution in [3.8, 4) is 0 Å². The summed E-state index contributed by atoms with van der Waals surface area (Å²) in [5, 5.41) is 18.6. The first kappa shape index (κ1) is 18.2. The van der Waals surface area contributed by atoms with E-state index in [-0.39, 0.29) is 13.0 Å². The molecule has 0 aromatic rings. The van der Waals surface area contributed by atoms with Crippen LogP contribution >= 0.6 is 0 Å². The fourth-order valence-electron chi connectivity index (χ4n) is 1.79. The maximum atomic E-state index is 12.1. The number of carboxylic acid groups (broad SMARTS) is 2. The molecule has 0 aliphatic rings. The van der Waals surface area contributed by atoms with Crippen molar-refractivity contribution in [2.75, 3.05) is 6.54 Å². The zero-order valence-electron chi connectivity index (χ0n) is 12.6. The maximum absolute atomic E-state index is 12.1. The van der Waals surface area contributed by atoms with Crippen LogP contribution in [0.25, 0.3) is 0 Å². The molecule has 0 aromatic carbocycles. The van der Waals surface area contributed by atoms with Crippen LogP contribution in [0, 0.1) is 0 Å². The summed E-state index contributed by atoms with van der Waals surface area (Å²) < 4.78 is 5.12. The minimum atomic E-state index is -2.31. The molecule has 0 unspecified atom stereocenters. The molecule has 0 heterocycles. The number of hydrogen-bond acceptors (Lipinski definition) is 4. The lowest BCUT2D eigenvalue weighted by Gasteiger charge is -2.37. The van der Waals surface area contributed by atoms with Crippen molar-refractivity contribution in [3.63, 3.8) is 0 Å². The normalized spacial score (nSPS) is 11.8. The Kier molecular flexibility index (Phi) is 5.99. The Morgan fingerprint density at radius 1 is 1.05 bits per heavy atom. The topological polar surface area (TPSA) is 104 Å². The van der Waals surface area contributed by atoms with E-state index in [2.05, 4.69) is 0 Å². The van der Waals surface area contributed by atoms with Crippen LogP contribution in [0.5, 0.6) is 0 Å². The number of ether oxygens (including phenoxy) is 1. The van der Waals surface area contributed by atoms with Crippen LogP contribution in [0.1, 0.15) is 47.5 Å². The van der Waals surface area contributed by atoms with Gasteiger partial charge in [-0.25, -0.2) is 14.4 Å². The summed E-state index contributed by atoms with van der Waals surface area (Å²) >= 11 is 0. The Balaban J connectivity index is 5.67. The number of amides is 1. The summed E-state index contributed by atoms with van der Waals surface area (Å²) in [7, 11) is 0. The van der Waals surface area contributed by atoms with Crippen molar-refractivity contribution in [1.29, 1.82) is 0 Å². The standard InChI is InChI=1S/C13H23NO6/c1-6-8-14(11(19)20-12(3,4)5)13(7-2,9(15)16)10(17)18/h6-8H2,1-5H3,(H,15,16)(H,17,18). The summed E-state index contributed by atoms with van der Waals surface area (Å²) in [5.74, 6) is -3.15. The summed E-state index contributed by atoms with van der Waals surface area (Å²) in [6.45, 7) is 8.01. The van der Waals surface area contributed by atoms with Gasteiger partial charge in [-0.15, -0.1) is 0 Å². The molecule has 2 N–H and O–H groups in total. The summed E-state index contributed by atoms with van der Waals surface area (Å²) in [4.78, 5) is 35.8. The van der Waals surface area contributed by atoms with Crippen LogP contribution in [0.3, 0.4) is 0 Å². The minimum Gasteiger partial charge on any atom is -0.479 e. The van der Waals surface area contributed by atoms with E-state index in [1.54, 1.807) is 27.7 Å². The van der Waals surface area contributed by atoms with Crippen molar-refractivity contribution >= 4 is 18.0 Å². The fraction of sp³-hybridized carbons (Fsp3) is 0.769. The van der Waals surface area contributed by atoms with Crippen molar-refractivity contribution < 1.29 is 29.3 Å². The Morgan fingerprint density at radius 2 is 1.50 bits per heavy atom. The van der Waals surface area contributed by atoms with Gasteiger partial charge in [0.1, 0.15) is 5.60 Å². The SMILES string of the molecule is CCCN(C(=O)OC(C)(C)C)C(CC)(C(=O)O)C(=O)O. The number of aliphatic carboxylic acids is 2. The minimum absolute atomic E-state index is 0.0125. The van der Waals surface area contributed by atoms with Crippen molar-refractivity contribution in [2.24, 2.45) is 0 Å². The van der Waals surface area contributed by atoms with Gasteiger partial charge < -0.3 is 14.9 Å². The highest BCUT2D eigenvalue weighted by Crippen LogP contribution is 2.24. The molecule has 0 aromatic heterocycles. The van der Waals surface area contributed by atoms with Crippen molar-refractivity contribution in [3.05, 3.63) is 0 Å².